The van der Waals surface area contributed by atoms with Crippen LogP contribution in [0, 0.1) is 5.82 Å². The van der Waals surface area contributed by atoms with Crippen molar-refractivity contribution in [3.05, 3.63) is 46.2 Å². The van der Waals surface area contributed by atoms with Crippen LogP contribution in [0.3, 0.4) is 0 Å². The van der Waals surface area contributed by atoms with E-state index < -0.39 is 23.7 Å². The van der Waals surface area contributed by atoms with Crippen LogP contribution in [-0.4, -0.2) is 77.3 Å². The second kappa shape index (κ2) is 12.4. The number of carbonyl (C=O) groups excluding carboxylic acids is 3. The third-order valence-corrected chi connectivity index (χ3v) is 7.73. The lowest BCUT2D eigenvalue weighted by Crippen LogP contribution is -2.49. The SMILES string of the molecule is NC(=O)c1nsc(C(=O)N(CCN2CCOCC2)[C@H](C(=O)NC2CCCCC2)c2ccc(F)cc2)c1N. The number of morpholine rings is 1. The quantitative estimate of drug-likeness (QED) is 0.448. The number of nitrogen functional groups attached to an aromatic ring is 1. The fraction of sp³-hybridized carbons (Fsp3) is 0.520. The van der Waals surface area contributed by atoms with Crippen LogP contribution < -0.4 is 16.8 Å². The molecule has 0 spiro atoms. The molecule has 2 heterocycles. The molecule has 200 valence electrons. The van der Waals surface area contributed by atoms with Gasteiger partial charge in [0, 0.05) is 32.2 Å². The van der Waals surface area contributed by atoms with E-state index in [9.17, 15) is 18.8 Å². The van der Waals surface area contributed by atoms with E-state index in [1.807, 2.05) is 0 Å². The summed E-state index contributed by atoms with van der Waals surface area (Å²) in [6, 6.07) is 4.55. The Morgan fingerprint density at radius 3 is 2.46 bits per heavy atom. The summed E-state index contributed by atoms with van der Waals surface area (Å²) in [5.41, 5.74) is 11.6. The third kappa shape index (κ3) is 6.62. The lowest BCUT2D eigenvalue weighted by Gasteiger charge is -2.35. The number of ether oxygens (including phenoxy) is 1. The molecule has 1 aromatic carbocycles. The Kier molecular flexibility index (Phi) is 9.06. The van der Waals surface area contributed by atoms with Crippen LogP contribution in [0.2, 0.25) is 0 Å². The van der Waals surface area contributed by atoms with Crippen LogP contribution in [0.1, 0.15) is 63.9 Å². The Bertz CT molecular complexity index is 1100. The van der Waals surface area contributed by atoms with E-state index in [1.165, 1.54) is 29.2 Å². The zero-order valence-electron chi connectivity index (χ0n) is 20.7. The first-order valence-electron chi connectivity index (χ1n) is 12.6. The van der Waals surface area contributed by atoms with Gasteiger partial charge in [0.25, 0.3) is 11.8 Å². The summed E-state index contributed by atoms with van der Waals surface area (Å²) < 4.78 is 23.2. The number of benzene rings is 1. The van der Waals surface area contributed by atoms with Gasteiger partial charge in [-0.25, -0.2) is 4.39 Å². The van der Waals surface area contributed by atoms with Gasteiger partial charge in [-0.05, 0) is 42.1 Å². The smallest absolute Gasteiger partial charge is 0.270 e. The lowest BCUT2D eigenvalue weighted by atomic mass is 9.94. The molecule has 1 aliphatic carbocycles. The van der Waals surface area contributed by atoms with Crippen molar-refractivity contribution in [2.45, 2.75) is 44.2 Å². The number of nitrogens with one attached hydrogen (secondary N) is 1. The molecule has 5 N–H and O–H groups in total. The Hall–Kier alpha value is -3.09. The molecule has 4 rings (SSSR count). The van der Waals surface area contributed by atoms with Crippen molar-refractivity contribution in [2.75, 3.05) is 45.1 Å². The van der Waals surface area contributed by atoms with Gasteiger partial charge in [-0.1, -0.05) is 31.4 Å². The molecule has 37 heavy (non-hydrogen) atoms. The van der Waals surface area contributed by atoms with Crippen molar-refractivity contribution in [1.29, 1.82) is 0 Å². The van der Waals surface area contributed by atoms with E-state index in [0.29, 0.717) is 38.4 Å². The number of hydrogen-bond acceptors (Lipinski definition) is 8. The molecular formula is C25H33FN6O4S. The number of nitrogens with two attached hydrogens (primary N) is 2. The van der Waals surface area contributed by atoms with Crippen LogP contribution in [0.5, 0.6) is 0 Å². The van der Waals surface area contributed by atoms with Crippen molar-refractivity contribution in [1.82, 2.24) is 19.5 Å². The predicted octanol–water partition coefficient (Wildman–Crippen LogP) is 1.93. The first-order chi connectivity index (χ1) is 17.8. The molecule has 1 aromatic heterocycles. The van der Waals surface area contributed by atoms with Gasteiger partial charge < -0.3 is 26.4 Å². The average molecular weight is 533 g/mol. The van der Waals surface area contributed by atoms with Gasteiger partial charge in [-0.3, -0.25) is 19.3 Å². The molecule has 1 atom stereocenters. The zero-order valence-corrected chi connectivity index (χ0v) is 21.5. The summed E-state index contributed by atoms with van der Waals surface area (Å²) in [7, 11) is 0. The first-order valence-corrected chi connectivity index (χ1v) is 13.3. The number of rotatable bonds is 9. The van der Waals surface area contributed by atoms with E-state index in [0.717, 1.165) is 43.6 Å². The molecule has 0 bridgehead atoms. The Labute approximate surface area is 219 Å². The monoisotopic (exact) mass is 532 g/mol. The maximum Gasteiger partial charge on any atom is 0.270 e. The molecule has 1 saturated carbocycles. The lowest BCUT2D eigenvalue weighted by molar-refractivity contribution is -0.127. The van der Waals surface area contributed by atoms with Gasteiger partial charge in [0.05, 0.1) is 18.9 Å². The Morgan fingerprint density at radius 2 is 1.84 bits per heavy atom. The number of halogens is 1. The zero-order chi connectivity index (χ0) is 26.4. The summed E-state index contributed by atoms with van der Waals surface area (Å²) in [6.45, 7) is 3.26. The fourth-order valence-corrected chi connectivity index (χ4v) is 5.59. The first kappa shape index (κ1) is 27.0. The summed E-state index contributed by atoms with van der Waals surface area (Å²) in [4.78, 5) is 43.0. The average Bonchev–Trinajstić information content (AvgIpc) is 3.29. The normalized spacial score (nSPS) is 17.8. The van der Waals surface area contributed by atoms with Crippen molar-refractivity contribution in [3.8, 4) is 0 Å². The minimum atomic E-state index is -1.03. The van der Waals surface area contributed by atoms with Gasteiger partial charge in [-0.15, -0.1) is 0 Å². The van der Waals surface area contributed by atoms with Crippen LogP contribution in [0.25, 0.3) is 0 Å². The minimum Gasteiger partial charge on any atom is -0.395 e. The number of anilines is 1. The van der Waals surface area contributed by atoms with Gasteiger partial charge in [0.15, 0.2) is 5.69 Å². The van der Waals surface area contributed by atoms with Crippen molar-refractivity contribution >= 4 is 34.9 Å². The van der Waals surface area contributed by atoms with Crippen molar-refractivity contribution in [3.63, 3.8) is 0 Å². The summed E-state index contributed by atoms with van der Waals surface area (Å²) >= 11 is 0.772. The van der Waals surface area contributed by atoms with E-state index in [4.69, 9.17) is 16.2 Å². The molecule has 2 fully saturated rings. The fourth-order valence-electron chi connectivity index (χ4n) is 4.83. The summed E-state index contributed by atoms with van der Waals surface area (Å²) in [6.07, 6.45) is 4.92. The summed E-state index contributed by atoms with van der Waals surface area (Å²) in [5.74, 6) is -2.16. The number of amides is 3. The highest BCUT2D eigenvalue weighted by Gasteiger charge is 2.36. The molecule has 12 heteroatoms. The van der Waals surface area contributed by atoms with E-state index in [1.54, 1.807) is 0 Å². The number of nitrogens with zero attached hydrogens (tertiary/aromatic N) is 3. The standard InChI is InChI=1S/C25H33FN6O4S/c26-17-8-6-16(7-9-17)21(24(34)29-18-4-2-1-3-5-18)32(11-10-31-12-14-36-15-13-31)25(35)22-19(27)20(23(28)33)30-37-22/h6-9,18,21H,1-5,10-15,27H2,(H2,28,33)(H,29,34)/t21-/m0/s1. The molecule has 10 nitrogen and oxygen atoms in total. The van der Waals surface area contributed by atoms with Crippen LogP contribution in [-0.2, 0) is 9.53 Å². The van der Waals surface area contributed by atoms with E-state index in [-0.39, 0.29) is 34.8 Å². The van der Waals surface area contributed by atoms with Gasteiger partial charge in [-0.2, -0.15) is 4.37 Å². The molecular weight excluding hydrogens is 499 g/mol. The summed E-state index contributed by atoms with van der Waals surface area (Å²) in [5, 5.41) is 3.12. The number of carbonyl (C=O) groups is 3. The molecule has 0 unspecified atom stereocenters. The predicted molar refractivity (Wildman–Crippen MR) is 137 cm³/mol. The maximum absolute atomic E-state index is 13.9. The molecule has 1 saturated heterocycles. The molecule has 1 aliphatic heterocycles. The van der Waals surface area contributed by atoms with Gasteiger partial charge >= 0.3 is 0 Å². The van der Waals surface area contributed by atoms with Crippen LogP contribution in [0.4, 0.5) is 10.1 Å². The molecule has 2 aliphatic rings. The van der Waals surface area contributed by atoms with E-state index in [2.05, 4.69) is 14.6 Å². The highest BCUT2D eigenvalue weighted by Crippen LogP contribution is 2.30. The van der Waals surface area contributed by atoms with Crippen molar-refractivity contribution < 1.29 is 23.5 Å². The topological polar surface area (TPSA) is 144 Å². The number of hydrogen-bond donors (Lipinski definition) is 3. The second-order valence-corrected chi connectivity index (χ2v) is 10.2. The van der Waals surface area contributed by atoms with E-state index >= 15 is 0 Å². The molecule has 0 radical (unpaired) electrons. The number of aromatic nitrogens is 1. The van der Waals surface area contributed by atoms with Crippen LogP contribution in [0.15, 0.2) is 24.3 Å². The van der Waals surface area contributed by atoms with Gasteiger partial charge in [0.1, 0.15) is 16.7 Å². The van der Waals surface area contributed by atoms with Crippen LogP contribution >= 0.6 is 11.5 Å². The molecule has 2 aromatic rings. The largest absolute Gasteiger partial charge is 0.395 e. The van der Waals surface area contributed by atoms with Crippen molar-refractivity contribution in [2.24, 2.45) is 5.73 Å². The third-order valence-electron chi connectivity index (χ3n) is 6.87. The minimum absolute atomic E-state index is 0.00957. The molecule has 3 amide bonds. The van der Waals surface area contributed by atoms with Gasteiger partial charge in [0.2, 0.25) is 5.91 Å². The maximum atomic E-state index is 13.9. The second-order valence-electron chi connectivity index (χ2n) is 9.39. The Balaban J connectivity index is 1.69. The Morgan fingerprint density at radius 1 is 1.16 bits per heavy atom. The highest BCUT2D eigenvalue weighted by atomic mass is 32.1. The highest BCUT2D eigenvalue weighted by molar-refractivity contribution is 7.09. The number of primary amides is 1.